The first-order chi connectivity index (χ1) is 5.55. The quantitative estimate of drug-likeness (QED) is 0.616. The van der Waals surface area contributed by atoms with Crippen molar-refractivity contribution in [3.8, 4) is 0 Å². The smallest absolute Gasteiger partial charge is 0.283 e. The molecule has 0 saturated carbocycles. The second kappa shape index (κ2) is 2.95. The highest BCUT2D eigenvalue weighted by atomic mass is 16.1. The lowest BCUT2D eigenvalue weighted by Crippen LogP contribution is -2.73. The molecule has 0 fully saturated rings. The zero-order valence-electron chi connectivity index (χ0n) is 7.08. The summed E-state index contributed by atoms with van der Waals surface area (Å²) >= 11 is 0. The second-order valence-electron chi connectivity index (χ2n) is 3.06. The molecule has 0 saturated heterocycles. The normalized spacial score (nSPS) is 15.2. The van der Waals surface area contributed by atoms with Crippen molar-refractivity contribution >= 4 is 5.91 Å². The van der Waals surface area contributed by atoms with Gasteiger partial charge in [0.15, 0.2) is 5.54 Å². The molecule has 0 aliphatic rings. The summed E-state index contributed by atoms with van der Waals surface area (Å²) in [4.78, 5) is 11.0. The Morgan fingerprint density at radius 3 is 2.33 bits per heavy atom. The number of hydrogen-bond acceptors (Lipinski definition) is 1. The summed E-state index contributed by atoms with van der Waals surface area (Å²) in [6.07, 6.45) is 0. The van der Waals surface area contributed by atoms with E-state index < -0.39 is 11.4 Å². The van der Waals surface area contributed by atoms with Gasteiger partial charge in [-0.1, -0.05) is 30.3 Å². The van der Waals surface area contributed by atoms with Crippen LogP contribution >= 0.6 is 0 Å². The van der Waals surface area contributed by atoms with E-state index in [2.05, 4.69) is 5.73 Å². The monoisotopic (exact) mass is 165 g/mol. The SMILES string of the molecule is C[C@]([NH3+])(C(N)=O)c1ccccc1. The lowest BCUT2D eigenvalue weighted by Gasteiger charge is -2.16. The first-order valence-electron chi connectivity index (χ1n) is 3.76. The molecule has 1 aromatic rings. The van der Waals surface area contributed by atoms with Gasteiger partial charge in [-0.15, -0.1) is 0 Å². The lowest BCUT2D eigenvalue weighted by atomic mass is 9.93. The van der Waals surface area contributed by atoms with Crippen LogP contribution in [-0.4, -0.2) is 5.91 Å². The predicted octanol–water partition coefficient (Wildman–Crippen LogP) is -0.371. The van der Waals surface area contributed by atoms with E-state index in [-0.39, 0.29) is 0 Å². The number of carbonyl (C=O) groups excluding carboxylic acids is 1. The first kappa shape index (κ1) is 8.74. The van der Waals surface area contributed by atoms with Crippen molar-refractivity contribution in [3.63, 3.8) is 0 Å². The Kier molecular flexibility index (Phi) is 2.15. The van der Waals surface area contributed by atoms with Crippen LogP contribution in [0.3, 0.4) is 0 Å². The minimum absolute atomic E-state index is 0.409. The molecular weight excluding hydrogens is 152 g/mol. The van der Waals surface area contributed by atoms with Gasteiger partial charge in [-0.25, -0.2) is 0 Å². The van der Waals surface area contributed by atoms with Crippen molar-refractivity contribution in [1.82, 2.24) is 0 Å². The van der Waals surface area contributed by atoms with E-state index >= 15 is 0 Å². The Morgan fingerprint density at radius 2 is 1.92 bits per heavy atom. The summed E-state index contributed by atoms with van der Waals surface area (Å²) in [7, 11) is 0. The van der Waals surface area contributed by atoms with E-state index in [9.17, 15) is 4.79 Å². The van der Waals surface area contributed by atoms with Crippen molar-refractivity contribution in [2.75, 3.05) is 0 Å². The highest BCUT2D eigenvalue weighted by Crippen LogP contribution is 2.13. The molecule has 1 rings (SSSR count). The summed E-state index contributed by atoms with van der Waals surface area (Å²) in [5.41, 5.74) is 8.99. The van der Waals surface area contributed by atoms with Gasteiger partial charge in [-0.2, -0.15) is 0 Å². The average molecular weight is 165 g/mol. The Hall–Kier alpha value is -1.35. The Labute approximate surface area is 71.4 Å². The summed E-state index contributed by atoms with van der Waals surface area (Å²) in [6.45, 7) is 1.71. The fourth-order valence-corrected chi connectivity index (χ4v) is 0.948. The maximum atomic E-state index is 11.0. The van der Waals surface area contributed by atoms with E-state index in [0.29, 0.717) is 0 Å². The number of primary amides is 1. The number of nitrogens with two attached hydrogens (primary N) is 1. The van der Waals surface area contributed by atoms with Crippen LogP contribution in [0, 0.1) is 0 Å². The van der Waals surface area contributed by atoms with Gasteiger partial charge in [0, 0.05) is 12.5 Å². The molecule has 5 N–H and O–H groups in total. The van der Waals surface area contributed by atoms with Crippen molar-refractivity contribution in [2.24, 2.45) is 5.73 Å². The van der Waals surface area contributed by atoms with E-state index in [1.54, 1.807) is 6.92 Å². The van der Waals surface area contributed by atoms with E-state index in [4.69, 9.17) is 5.73 Å². The van der Waals surface area contributed by atoms with Gasteiger partial charge < -0.3 is 11.5 Å². The third-order valence-corrected chi connectivity index (χ3v) is 1.95. The van der Waals surface area contributed by atoms with Gasteiger partial charge in [-0.3, -0.25) is 4.79 Å². The standard InChI is InChI=1S/C9H12N2O/c1-9(11,8(10)12)7-5-3-2-4-6-7/h2-6H,11H2,1H3,(H2,10,12)/p+1/t9-/m1/s1. The second-order valence-corrected chi connectivity index (χ2v) is 3.06. The number of quaternary nitrogens is 1. The lowest BCUT2D eigenvalue weighted by molar-refractivity contribution is -0.460. The summed E-state index contributed by atoms with van der Waals surface area (Å²) < 4.78 is 0. The third-order valence-electron chi connectivity index (χ3n) is 1.95. The first-order valence-corrected chi connectivity index (χ1v) is 3.76. The fourth-order valence-electron chi connectivity index (χ4n) is 0.948. The van der Waals surface area contributed by atoms with Crippen LogP contribution in [0.2, 0.25) is 0 Å². The molecular formula is C9H13N2O+. The van der Waals surface area contributed by atoms with Gasteiger partial charge in [-0.05, 0) is 0 Å². The molecule has 0 aromatic heterocycles. The summed E-state index contributed by atoms with van der Waals surface area (Å²) in [6, 6.07) is 9.31. The zero-order valence-corrected chi connectivity index (χ0v) is 7.08. The van der Waals surface area contributed by atoms with Crippen LogP contribution in [-0.2, 0) is 10.3 Å². The molecule has 1 amide bonds. The molecule has 0 heterocycles. The molecule has 1 aromatic carbocycles. The van der Waals surface area contributed by atoms with Crippen molar-refractivity contribution < 1.29 is 10.5 Å². The molecule has 12 heavy (non-hydrogen) atoms. The number of hydrogen-bond donors (Lipinski definition) is 2. The molecule has 1 atom stereocenters. The van der Waals surface area contributed by atoms with E-state index in [1.807, 2.05) is 30.3 Å². The fraction of sp³-hybridized carbons (Fsp3) is 0.222. The predicted molar refractivity (Wildman–Crippen MR) is 45.9 cm³/mol. The van der Waals surface area contributed by atoms with Gasteiger partial charge >= 0.3 is 0 Å². The van der Waals surface area contributed by atoms with Gasteiger partial charge in [0.2, 0.25) is 0 Å². The highest BCUT2D eigenvalue weighted by Gasteiger charge is 2.31. The van der Waals surface area contributed by atoms with E-state index in [0.717, 1.165) is 5.56 Å². The number of carbonyl (C=O) groups is 1. The largest absolute Gasteiger partial charge is 0.364 e. The van der Waals surface area contributed by atoms with Crippen LogP contribution in [0.5, 0.6) is 0 Å². The molecule has 64 valence electrons. The average Bonchev–Trinajstić information content (AvgIpc) is 2.06. The van der Waals surface area contributed by atoms with Crippen LogP contribution in [0.1, 0.15) is 12.5 Å². The number of benzene rings is 1. The molecule has 3 nitrogen and oxygen atoms in total. The van der Waals surface area contributed by atoms with Crippen LogP contribution in [0.4, 0.5) is 0 Å². The van der Waals surface area contributed by atoms with Gasteiger partial charge in [0.05, 0.1) is 0 Å². The van der Waals surface area contributed by atoms with Crippen LogP contribution in [0.25, 0.3) is 0 Å². The highest BCUT2D eigenvalue weighted by molar-refractivity contribution is 5.83. The minimum atomic E-state index is -0.818. The Morgan fingerprint density at radius 1 is 1.42 bits per heavy atom. The molecule has 0 bridgehead atoms. The maximum absolute atomic E-state index is 11.0. The van der Waals surface area contributed by atoms with E-state index in [1.165, 1.54) is 0 Å². The van der Waals surface area contributed by atoms with Gasteiger partial charge in [0.1, 0.15) is 0 Å². The van der Waals surface area contributed by atoms with Gasteiger partial charge in [0.25, 0.3) is 5.91 Å². The molecule has 0 unspecified atom stereocenters. The third kappa shape index (κ3) is 1.46. The number of rotatable bonds is 2. The molecule has 0 spiro atoms. The maximum Gasteiger partial charge on any atom is 0.283 e. The molecule has 0 radical (unpaired) electrons. The minimum Gasteiger partial charge on any atom is -0.364 e. The summed E-state index contributed by atoms with van der Waals surface area (Å²) in [5.74, 6) is -0.409. The molecule has 0 aliphatic heterocycles. The van der Waals surface area contributed by atoms with Crippen molar-refractivity contribution in [1.29, 1.82) is 0 Å². The summed E-state index contributed by atoms with van der Waals surface area (Å²) in [5, 5.41) is 0. The molecule has 0 aliphatic carbocycles. The molecule has 3 heteroatoms. The topological polar surface area (TPSA) is 70.7 Å². The number of amides is 1. The Bertz CT molecular complexity index is 280. The van der Waals surface area contributed by atoms with Crippen LogP contribution < -0.4 is 11.5 Å². The van der Waals surface area contributed by atoms with Crippen molar-refractivity contribution in [2.45, 2.75) is 12.5 Å². The van der Waals surface area contributed by atoms with Crippen molar-refractivity contribution in [3.05, 3.63) is 35.9 Å². The Balaban J connectivity index is 3.06. The van der Waals surface area contributed by atoms with Crippen LogP contribution in [0.15, 0.2) is 30.3 Å². The zero-order chi connectivity index (χ0) is 9.19.